The molecule has 0 aromatic carbocycles. The molecule has 25 heavy (non-hydrogen) atoms. The minimum Gasteiger partial charge on any atom is -0.352 e. The summed E-state index contributed by atoms with van der Waals surface area (Å²) in [7, 11) is 1.31. The molecule has 1 saturated heterocycles. The number of likely N-dealkylation sites (tertiary alicyclic amines) is 1. The minimum atomic E-state index is -4.40. The second-order valence-electron chi connectivity index (χ2n) is 7.43. The van der Waals surface area contributed by atoms with Gasteiger partial charge in [-0.1, -0.05) is 6.92 Å². The third kappa shape index (κ3) is 3.99. The lowest BCUT2D eigenvalue weighted by Gasteiger charge is -2.39. The highest BCUT2D eigenvalue weighted by atomic mass is 19.4. The van der Waals surface area contributed by atoms with Crippen LogP contribution < -0.4 is 5.32 Å². The van der Waals surface area contributed by atoms with Crippen LogP contribution in [0.15, 0.2) is 6.07 Å². The lowest BCUT2D eigenvalue weighted by molar-refractivity contribution is -0.143. The summed E-state index contributed by atoms with van der Waals surface area (Å²) in [6.45, 7) is 5.25. The van der Waals surface area contributed by atoms with Crippen LogP contribution in [0.1, 0.15) is 44.5 Å². The molecular formula is C17H25F3N4O. The highest BCUT2D eigenvalue weighted by molar-refractivity contribution is 5.81. The fourth-order valence-electron chi connectivity index (χ4n) is 3.68. The van der Waals surface area contributed by atoms with Gasteiger partial charge in [0.1, 0.15) is 5.69 Å². The topological polar surface area (TPSA) is 50.2 Å². The number of alkyl halides is 3. The van der Waals surface area contributed by atoms with Crippen molar-refractivity contribution < 1.29 is 18.0 Å². The van der Waals surface area contributed by atoms with E-state index in [4.69, 9.17) is 0 Å². The van der Waals surface area contributed by atoms with Gasteiger partial charge in [-0.05, 0) is 44.7 Å². The quantitative estimate of drug-likeness (QED) is 0.900. The maximum Gasteiger partial charge on any atom is 0.433 e. The molecule has 0 bridgehead atoms. The maximum atomic E-state index is 12.9. The Morgan fingerprint density at radius 1 is 1.40 bits per heavy atom. The predicted octanol–water partition coefficient (Wildman–Crippen LogP) is 2.56. The Morgan fingerprint density at radius 2 is 2.08 bits per heavy atom. The molecule has 2 aliphatic rings. The van der Waals surface area contributed by atoms with Crippen molar-refractivity contribution in [3.05, 3.63) is 17.5 Å². The Hall–Kier alpha value is -1.57. The first-order chi connectivity index (χ1) is 11.7. The summed E-state index contributed by atoms with van der Waals surface area (Å²) in [5.41, 5.74) is -0.329. The van der Waals surface area contributed by atoms with Gasteiger partial charge in [-0.25, -0.2) is 0 Å². The first kappa shape index (κ1) is 18.2. The van der Waals surface area contributed by atoms with E-state index in [1.54, 1.807) is 0 Å². The molecule has 1 aliphatic carbocycles. The number of piperidine rings is 1. The Bertz CT molecular complexity index is 642. The van der Waals surface area contributed by atoms with Gasteiger partial charge in [0.15, 0.2) is 0 Å². The van der Waals surface area contributed by atoms with E-state index in [1.165, 1.54) is 7.05 Å². The van der Waals surface area contributed by atoms with E-state index in [-0.39, 0.29) is 23.9 Å². The standard InChI is InChI=1S/C17H25F3N4O/c1-10-7-13(10)16(25)21-14-5-4-6-24(11(14)2)9-12-8-15(17(18,19)20)23(3)22-12/h8,10-11,13-14H,4-7,9H2,1-3H3,(H,21,25)/t10-,11?,13-,14?/m0/s1. The number of nitrogens with one attached hydrogen (secondary N) is 1. The number of aromatic nitrogens is 2. The average molecular weight is 358 g/mol. The first-order valence-electron chi connectivity index (χ1n) is 8.81. The molecule has 2 unspecified atom stereocenters. The number of halogens is 3. The van der Waals surface area contributed by atoms with Crippen LogP contribution in [0.4, 0.5) is 13.2 Å². The van der Waals surface area contributed by atoms with Crippen molar-refractivity contribution in [2.75, 3.05) is 6.54 Å². The largest absolute Gasteiger partial charge is 0.433 e. The summed E-state index contributed by atoms with van der Waals surface area (Å²) < 4.78 is 39.6. The molecule has 2 fully saturated rings. The molecule has 4 atom stereocenters. The van der Waals surface area contributed by atoms with Gasteiger partial charge in [0, 0.05) is 31.6 Å². The number of amides is 1. The van der Waals surface area contributed by atoms with Crippen molar-refractivity contribution in [2.45, 2.75) is 57.9 Å². The highest BCUT2D eigenvalue weighted by Crippen LogP contribution is 2.38. The number of aryl methyl sites for hydroxylation is 1. The lowest BCUT2D eigenvalue weighted by atomic mass is 9.97. The van der Waals surface area contributed by atoms with Gasteiger partial charge in [-0.2, -0.15) is 18.3 Å². The van der Waals surface area contributed by atoms with Crippen molar-refractivity contribution in [3.63, 3.8) is 0 Å². The Morgan fingerprint density at radius 3 is 2.64 bits per heavy atom. The number of carbonyl (C=O) groups is 1. The summed E-state index contributed by atoms with van der Waals surface area (Å²) in [6, 6.07) is 1.23. The summed E-state index contributed by atoms with van der Waals surface area (Å²) in [6.07, 6.45) is -1.63. The van der Waals surface area contributed by atoms with E-state index in [0.717, 1.165) is 36.6 Å². The minimum absolute atomic E-state index is 0.0415. The highest BCUT2D eigenvalue weighted by Gasteiger charge is 2.41. The molecule has 1 saturated carbocycles. The third-order valence-electron chi connectivity index (χ3n) is 5.48. The molecular weight excluding hydrogens is 333 g/mol. The average Bonchev–Trinajstić information content (AvgIpc) is 3.12. The van der Waals surface area contributed by atoms with Gasteiger partial charge >= 0.3 is 6.18 Å². The number of hydrogen-bond donors (Lipinski definition) is 1. The molecule has 140 valence electrons. The lowest BCUT2D eigenvalue weighted by Crippen LogP contribution is -2.53. The normalized spacial score (nSPS) is 30.3. The summed E-state index contributed by atoms with van der Waals surface area (Å²) in [4.78, 5) is 14.3. The van der Waals surface area contributed by atoms with Crippen LogP contribution >= 0.6 is 0 Å². The summed E-state index contributed by atoms with van der Waals surface area (Å²) in [5, 5.41) is 7.14. The van der Waals surface area contributed by atoms with Gasteiger partial charge < -0.3 is 5.32 Å². The summed E-state index contributed by atoms with van der Waals surface area (Å²) >= 11 is 0. The van der Waals surface area contributed by atoms with Crippen molar-refractivity contribution in [3.8, 4) is 0 Å². The zero-order chi connectivity index (χ0) is 18.4. The van der Waals surface area contributed by atoms with E-state index in [9.17, 15) is 18.0 Å². The molecule has 1 N–H and O–H groups in total. The van der Waals surface area contributed by atoms with Gasteiger partial charge in [-0.3, -0.25) is 14.4 Å². The molecule has 8 heteroatoms. The number of hydrogen-bond acceptors (Lipinski definition) is 3. The van der Waals surface area contributed by atoms with Crippen molar-refractivity contribution in [2.24, 2.45) is 18.9 Å². The molecule has 0 spiro atoms. The van der Waals surface area contributed by atoms with Crippen molar-refractivity contribution in [1.29, 1.82) is 0 Å². The van der Waals surface area contributed by atoms with Crippen LogP contribution in [0.25, 0.3) is 0 Å². The van der Waals surface area contributed by atoms with Crippen LogP contribution in [0.5, 0.6) is 0 Å². The van der Waals surface area contributed by atoms with Crippen LogP contribution in [0, 0.1) is 11.8 Å². The second kappa shape index (κ2) is 6.63. The van der Waals surface area contributed by atoms with Gasteiger partial charge in [0.05, 0.1) is 5.69 Å². The summed E-state index contributed by atoms with van der Waals surface area (Å²) in [5.74, 6) is 0.709. The van der Waals surface area contributed by atoms with E-state index in [0.29, 0.717) is 18.2 Å². The SMILES string of the molecule is CC1C(NC(=O)[C@H]2C[C@@H]2C)CCCN1Cc1cc(C(F)(F)F)n(C)n1. The zero-order valence-electron chi connectivity index (χ0n) is 14.8. The van der Waals surface area contributed by atoms with Gasteiger partial charge in [0.25, 0.3) is 0 Å². The third-order valence-corrected chi connectivity index (χ3v) is 5.48. The number of carbonyl (C=O) groups excluding carboxylic acids is 1. The first-order valence-corrected chi connectivity index (χ1v) is 8.81. The van der Waals surface area contributed by atoms with Gasteiger partial charge in [-0.15, -0.1) is 0 Å². The Labute approximate surface area is 145 Å². The monoisotopic (exact) mass is 358 g/mol. The van der Waals surface area contributed by atoms with E-state index in [1.807, 2.05) is 6.92 Å². The Kier molecular flexibility index (Phi) is 4.83. The molecule has 1 aliphatic heterocycles. The number of rotatable bonds is 4. The van der Waals surface area contributed by atoms with Crippen LogP contribution in [-0.2, 0) is 24.6 Å². The number of nitrogens with zero attached hydrogens (tertiary/aromatic N) is 3. The molecule has 3 rings (SSSR count). The van der Waals surface area contributed by atoms with Crippen molar-refractivity contribution >= 4 is 5.91 Å². The molecule has 0 radical (unpaired) electrons. The zero-order valence-corrected chi connectivity index (χ0v) is 14.8. The van der Waals surface area contributed by atoms with Gasteiger partial charge in [0.2, 0.25) is 5.91 Å². The Balaban J connectivity index is 1.63. The predicted molar refractivity (Wildman–Crippen MR) is 86.5 cm³/mol. The maximum absolute atomic E-state index is 12.9. The fraction of sp³-hybridized carbons (Fsp3) is 0.765. The molecule has 1 aromatic heterocycles. The smallest absolute Gasteiger partial charge is 0.352 e. The molecule has 1 amide bonds. The van der Waals surface area contributed by atoms with Crippen LogP contribution in [-0.4, -0.2) is 39.2 Å². The molecule has 1 aromatic rings. The van der Waals surface area contributed by atoms with E-state index < -0.39 is 11.9 Å². The molecule has 5 nitrogen and oxygen atoms in total. The fourth-order valence-corrected chi connectivity index (χ4v) is 3.68. The molecule has 2 heterocycles. The van der Waals surface area contributed by atoms with E-state index in [2.05, 4.69) is 22.2 Å². The second-order valence-corrected chi connectivity index (χ2v) is 7.43. The van der Waals surface area contributed by atoms with Crippen LogP contribution in [0.2, 0.25) is 0 Å². The van der Waals surface area contributed by atoms with Crippen LogP contribution in [0.3, 0.4) is 0 Å². The van der Waals surface area contributed by atoms with Crippen molar-refractivity contribution in [1.82, 2.24) is 20.0 Å². The van der Waals surface area contributed by atoms with E-state index >= 15 is 0 Å².